The van der Waals surface area contributed by atoms with Gasteiger partial charge in [-0.3, -0.25) is 20.2 Å². The van der Waals surface area contributed by atoms with Gasteiger partial charge in [-0.05, 0) is 49.3 Å². The quantitative estimate of drug-likeness (QED) is 0.340. The molecule has 4 rings (SSSR count). The Morgan fingerprint density at radius 1 is 1.23 bits per heavy atom. The van der Waals surface area contributed by atoms with Gasteiger partial charge in [-0.1, -0.05) is 11.6 Å². The maximum atomic E-state index is 12.6. The first-order valence-corrected chi connectivity index (χ1v) is 10.5. The summed E-state index contributed by atoms with van der Waals surface area (Å²) in [7, 11) is 0. The van der Waals surface area contributed by atoms with Crippen molar-refractivity contribution in [1.29, 1.82) is 0 Å². The molecule has 154 valence electrons. The van der Waals surface area contributed by atoms with Crippen LogP contribution in [0.4, 0.5) is 17.1 Å². The highest BCUT2D eigenvalue weighted by Gasteiger charge is 2.24. The van der Waals surface area contributed by atoms with E-state index in [0.29, 0.717) is 27.4 Å². The standard InChI is InChI=1S/C18H15ClN6O3S2/c19-11-4-5-12-16(23-30-22-12)15(11)20-18(29)21-17(26)10-3-6-13(14(9-10)25(27)28)24-7-1-2-8-24/h3-6,9H,1-2,7-8H2,(H2,20,21,26,29). The van der Waals surface area contributed by atoms with Gasteiger partial charge in [-0.2, -0.15) is 8.75 Å². The summed E-state index contributed by atoms with van der Waals surface area (Å²) in [6.07, 6.45) is 1.98. The van der Waals surface area contributed by atoms with E-state index >= 15 is 0 Å². The Kier molecular flexibility index (Phi) is 5.75. The van der Waals surface area contributed by atoms with E-state index in [0.717, 1.165) is 37.7 Å². The number of hydrogen-bond donors (Lipinski definition) is 2. The number of fused-ring (bicyclic) bond motifs is 1. The summed E-state index contributed by atoms with van der Waals surface area (Å²) in [5, 5.41) is 17.3. The molecule has 30 heavy (non-hydrogen) atoms. The lowest BCUT2D eigenvalue weighted by molar-refractivity contribution is -0.384. The first-order valence-electron chi connectivity index (χ1n) is 9.00. The van der Waals surface area contributed by atoms with E-state index in [1.807, 2.05) is 4.90 Å². The first-order chi connectivity index (χ1) is 14.4. The SMILES string of the molecule is O=C(NC(=S)Nc1c(Cl)ccc2nsnc12)c1ccc(N2CCCC2)c([N+](=O)[O-])c1. The van der Waals surface area contributed by atoms with Crippen LogP contribution in [0, 0.1) is 10.1 Å². The number of nitrogens with zero attached hydrogens (tertiary/aromatic N) is 4. The van der Waals surface area contributed by atoms with E-state index < -0.39 is 10.8 Å². The molecule has 1 saturated heterocycles. The van der Waals surface area contributed by atoms with Crippen molar-refractivity contribution in [2.45, 2.75) is 12.8 Å². The fourth-order valence-electron chi connectivity index (χ4n) is 3.30. The molecule has 9 nitrogen and oxygen atoms in total. The van der Waals surface area contributed by atoms with Gasteiger partial charge < -0.3 is 10.2 Å². The number of halogens is 1. The average Bonchev–Trinajstić information content (AvgIpc) is 3.41. The molecule has 2 N–H and O–H groups in total. The second-order valence-corrected chi connectivity index (χ2v) is 7.96. The third kappa shape index (κ3) is 4.04. The van der Waals surface area contributed by atoms with E-state index in [9.17, 15) is 14.9 Å². The van der Waals surface area contributed by atoms with Crippen LogP contribution < -0.4 is 15.5 Å². The number of aromatic nitrogens is 2. The van der Waals surface area contributed by atoms with Crippen molar-refractivity contribution < 1.29 is 9.72 Å². The van der Waals surface area contributed by atoms with E-state index in [1.165, 1.54) is 6.07 Å². The largest absolute Gasteiger partial charge is 0.366 e. The maximum absolute atomic E-state index is 12.6. The summed E-state index contributed by atoms with van der Waals surface area (Å²) in [6.45, 7) is 1.52. The van der Waals surface area contributed by atoms with Crippen molar-refractivity contribution in [3.05, 3.63) is 51.0 Å². The molecule has 1 aliphatic heterocycles. The lowest BCUT2D eigenvalue weighted by atomic mass is 10.1. The fraction of sp³-hybridized carbons (Fsp3) is 0.222. The lowest BCUT2D eigenvalue weighted by Crippen LogP contribution is -2.34. The highest BCUT2D eigenvalue weighted by Crippen LogP contribution is 2.32. The number of thiocarbonyl (C=S) groups is 1. The van der Waals surface area contributed by atoms with Crippen LogP contribution in [-0.2, 0) is 0 Å². The van der Waals surface area contributed by atoms with Crippen LogP contribution in [-0.4, -0.2) is 37.8 Å². The van der Waals surface area contributed by atoms with Gasteiger partial charge in [-0.15, -0.1) is 0 Å². The molecule has 1 amide bonds. The Balaban J connectivity index is 1.52. The summed E-state index contributed by atoms with van der Waals surface area (Å²) < 4.78 is 8.32. The highest BCUT2D eigenvalue weighted by atomic mass is 35.5. The second kappa shape index (κ2) is 8.46. The van der Waals surface area contributed by atoms with Crippen LogP contribution in [0.15, 0.2) is 30.3 Å². The van der Waals surface area contributed by atoms with Crippen LogP contribution in [0.1, 0.15) is 23.2 Å². The van der Waals surface area contributed by atoms with Crippen LogP contribution in [0.3, 0.4) is 0 Å². The summed E-state index contributed by atoms with van der Waals surface area (Å²) in [4.78, 5) is 25.6. The van der Waals surface area contributed by atoms with E-state index in [4.69, 9.17) is 23.8 Å². The second-order valence-electron chi connectivity index (χ2n) is 6.62. The van der Waals surface area contributed by atoms with Crippen LogP contribution in [0.5, 0.6) is 0 Å². The van der Waals surface area contributed by atoms with Gasteiger partial charge >= 0.3 is 0 Å². The average molecular weight is 463 g/mol. The van der Waals surface area contributed by atoms with Gasteiger partial charge in [0.2, 0.25) is 0 Å². The molecule has 0 aliphatic carbocycles. The highest BCUT2D eigenvalue weighted by molar-refractivity contribution is 7.80. The number of benzene rings is 2. The van der Waals surface area contributed by atoms with Gasteiger partial charge in [0.15, 0.2) is 5.11 Å². The Morgan fingerprint density at radius 2 is 2.00 bits per heavy atom. The molecule has 0 spiro atoms. The van der Waals surface area contributed by atoms with Crippen molar-refractivity contribution in [3.63, 3.8) is 0 Å². The molecule has 3 aromatic rings. The summed E-state index contributed by atoms with van der Waals surface area (Å²) in [5.41, 5.74) is 2.16. The molecule has 1 aromatic heterocycles. The molecular weight excluding hydrogens is 448 g/mol. The van der Waals surface area contributed by atoms with Crippen LogP contribution in [0.2, 0.25) is 5.02 Å². The first kappa shape index (κ1) is 20.4. The number of anilines is 2. The molecule has 1 fully saturated rings. The molecule has 1 aliphatic rings. The van der Waals surface area contributed by atoms with Gasteiger partial charge in [0, 0.05) is 24.7 Å². The minimum atomic E-state index is -0.566. The molecule has 2 aromatic carbocycles. The Hall–Kier alpha value is -2.89. The predicted molar refractivity (Wildman–Crippen MR) is 121 cm³/mol. The van der Waals surface area contributed by atoms with E-state index in [1.54, 1.807) is 24.3 Å². The molecule has 0 atom stereocenters. The Bertz CT molecular complexity index is 1160. The van der Waals surface area contributed by atoms with Gasteiger partial charge in [0.25, 0.3) is 11.6 Å². The predicted octanol–water partition coefficient (Wildman–Crippen LogP) is 3.98. The number of hydrogen-bond acceptors (Lipinski definition) is 8. The zero-order chi connectivity index (χ0) is 21.3. The third-order valence-corrected chi connectivity index (χ3v) is 5.79. The minimum Gasteiger partial charge on any atom is -0.366 e. The summed E-state index contributed by atoms with van der Waals surface area (Å²) in [5.74, 6) is -0.566. The molecule has 12 heteroatoms. The van der Waals surface area contributed by atoms with E-state index in [2.05, 4.69) is 19.4 Å². The number of rotatable bonds is 4. The zero-order valence-corrected chi connectivity index (χ0v) is 17.8. The van der Waals surface area contributed by atoms with Crippen molar-refractivity contribution in [1.82, 2.24) is 14.1 Å². The molecule has 0 bridgehead atoms. The van der Waals surface area contributed by atoms with Crippen molar-refractivity contribution in [2.75, 3.05) is 23.3 Å². The monoisotopic (exact) mass is 462 g/mol. The van der Waals surface area contributed by atoms with Gasteiger partial charge in [0.1, 0.15) is 16.7 Å². The van der Waals surface area contributed by atoms with Gasteiger partial charge in [0.05, 0.1) is 27.4 Å². The van der Waals surface area contributed by atoms with E-state index in [-0.39, 0.29) is 16.4 Å². The number of amides is 1. The van der Waals surface area contributed by atoms with Crippen molar-refractivity contribution in [2.24, 2.45) is 0 Å². The van der Waals surface area contributed by atoms with Crippen molar-refractivity contribution in [3.8, 4) is 0 Å². The number of nitro benzene ring substituents is 1. The molecule has 0 unspecified atom stereocenters. The molecule has 0 saturated carbocycles. The molecular formula is C18H15ClN6O3S2. The van der Waals surface area contributed by atoms with Crippen molar-refractivity contribution >= 4 is 74.7 Å². The maximum Gasteiger partial charge on any atom is 0.293 e. The Morgan fingerprint density at radius 3 is 2.73 bits per heavy atom. The minimum absolute atomic E-state index is 0.00586. The lowest BCUT2D eigenvalue weighted by Gasteiger charge is -2.18. The summed E-state index contributed by atoms with van der Waals surface area (Å²) >= 11 is 12.5. The molecule has 0 radical (unpaired) electrons. The van der Waals surface area contributed by atoms with Crippen LogP contribution in [0.25, 0.3) is 11.0 Å². The number of carbonyl (C=O) groups excluding carboxylic acids is 1. The third-order valence-electron chi connectivity index (χ3n) is 4.72. The Labute approximate surface area is 185 Å². The number of nitrogens with one attached hydrogen (secondary N) is 2. The normalized spacial score (nSPS) is 13.4. The fourth-order valence-corrected chi connectivity index (χ4v) is 4.24. The number of carbonyl (C=O) groups is 1. The smallest absolute Gasteiger partial charge is 0.293 e. The zero-order valence-electron chi connectivity index (χ0n) is 15.4. The molecule has 2 heterocycles. The number of nitro groups is 1. The topological polar surface area (TPSA) is 113 Å². The van der Waals surface area contributed by atoms with Gasteiger partial charge in [-0.25, -0.2) is 0 Å². The summed E-state index contributed by atoms with van der Waals surface area (Å²) in [6, 6.07) is 7.81. The van der Waals surface area contributed by atoms with Crippen LogP contribution >= 0.6 is 35.5 Å².